The number of halogens is 1. The molecule has 2 aromatic heterocycles. The Bertz CT molecular complexity index is 1130. The van der Waals surface area contributed by atoms with Crippen LogP contribution in [0.15, 0.2) is 45.9 Å². The van der Waals surface area contributed by atoms with Gasteiger partial charge in [0.05, 0.1) is 27.9 Å². The van der Waals surface area contributed by atoms with Crippen molar-refractivity contribution in [1.29, 1.82) is 0 Å². The third-order valence-electron chi connectivity index (χ3n) is 5.02. The van der Waals surface area contributed by atoms with Crippen molar-refractivity contribution >= 4 is 10.0 Å². The van der Waals surface area contributed by atoms with Gasteiger partial charge in [-0.1, -0.05) is 11.6 Å². The van der Waals surface area contributed by atoms with Gasteiger partial charge >= 0.3 is 0 Å². The Morgan fingerprint density at radius 2 is 1.93 bits per heavy atom. The highest BCUT2D eigenvalue weighted by Gasteiger charge is 2.37. The first-order valence-corrected chi connectivity index (χ1v) is 10.8. The number of sulfonamides is 1. The maximum Gasteiger partial charge on any atom is 0.243 e. The number of benzene rings is 1. The fourth-order valence-electron chi connectivity index (χ4n) is 3.63. The molecule has 0 amide bonds. The Balaban J connectivity index is 1.81. The number of rotatable bonds is 4. The monoisotopic (exact) mass is 416 g/mol. The van der Waals surface area contributed by atoms with E-state index in [4.69, 9.17) is 4.52 Å². The number of piperidine rings is 1. The van der Waals surface area contributed by atoms with Crippen LogP contribution in [-0.2, 0) is 10.0 Å². The average molecular weight is 416 g/mol. The van der Waals surface area contributed by atoms with Crippen molar-refractivity contribution in [2.45, 2.75) is 44.0 Å². The summed E-state index contributed by atoms with van der Waals surface area (Å²) in [7, 11) is -3.82. The lowest BCUT2D eigenvalue weighted by Crippen LogP contribution is -2.39. The van der Waals surface area contributed by atoms with E-state index in [1.807, 2.05) is 6.92 Å². The molecule has 0 unspecified atom stereocenters. The van der Waals surface area contributed by atoms with Crippen LogP contribution in [0.5, 0.6) is 0 Å². The third kappa shape index (κ3) is 3.79. The molecule has 1 atom stereocenters. The molecule has 152 valence electrons. The topological polar surface area (TPSA) is 89.2 Å². The van der Waals surface area contributed by atoms with E-state index in [9.17, 15) is 12.8 Å². The molecule has 0 saturated carbocycles. The minimum atomic E-state index is -3.82. The van der Waals surface area contributed by atoms with Crippen molar-refractivity contribution in [3.63, 3.8) is 0 Å². The molecule has 3 heterocycles. The number of aromatic nitrogens is 3. The molecule has 3 aromatic rings. The Morgan fingerprint density at radius 3 is 2.62 bits per heavy atom. The summed E-state index contributed by atoms with van der Waals surface area (Å²) in [4.78, 5) is 8.92. The second kappa shape index (κ2) is 7.64. The highest BCUT2D eigenvalue weighted by molar-refractivity contribution is 7.89. The minimum Gasteiger partial charge on any atom is -0.356 e. The first-order chi connectivity index (χ1) is 13.9. The van der Waals surface area contributed by atoms with Crippen LogP contribution in [0.1, 0.15) is 42.5 Å². The Hall–Kier alpha value is -2.65. The van der Waals surface area contributed by atoms with Gasteiger partial charge in [-0.3, -0.25) is 0 Å². The number of hydrogen-bond donors (Lipinski definition) is 0. The van der Waals surface area contributed by atoms with Gasteiger partial charge in [-0.25, -0.2) is 22.8 Å². The largest absolute Gasteiger partial charge is 0.356 e. The third-order valence-corrected chi connectivity index (χ3v) is 6.94. The highest BCUT2D eigenvalue weighted by Crippen LogP contribution is 2.38. The lowest BCUT2D eigenvalue weighted by atomic mass is 9.98. The molecule has 9 heteroatoms. The zero-order chi connectivity index (χ0) is 20.6. The molecular formula is C20H21FN4O3S. The smallest absolute Gasteiger partial charge is 0.243 e. The van der Waals surface area contributed by atoms with Crippen molar-refractivity contribution < 1.29 is 17.3 Å². The molecule has 1 aliphatic heterocycles. The summed E-state index contributed by atoms with van der Waals surface area (Å²) < 4.78 is 46.8. The van der Waals surface area contributed by atoms with Crippen LogP contribution < -0.4 is 0 Å². The molecule has 4 rings (SSSR count). The molecule has 0 aliphatic carbocycles. The van der Waals surface area contributed by atoms with Gasteiger partial charge in [0, 0.05) is 18.8 Å². The molecular weight excluding hydrogens is 395 g/mol. The molecule has 7 nitrogen and oxygen atoms in total. The van der Waals surface area contributed by atoms with E-state index in [-0.39, 0.29) is 4.90 Å². The van der Waals surface area contributed by atoms with Crippen LogP contribution >= 0.6 is 0 Å². The number of aryl methyl sites for hydroxylation is 2. The fraction of sp³-hybridized carbons (Fsp3) is 0.350. The second-order valence-electron chi connectivity index (χ2n) is 7.13. The van der Waals surface area contributed by atoms with Crippen molar-refractivity contribution in [3.05, 3.63) is 59.6 Å². The van der Waals surface area contributed by atoms with E-state index in [0.717, 1.165) is 25.0 Å². The summed E-state index contributed by atoms with van der Waals surface area (Å²) in [6.45, 7) is 3.94. The summed E-state index contributed by atoms with van der Waals surface area (Å²) >= 11 is 0. The van der Waals surface area contributed by atoms with E-state index in [1.54, 1.807) is 19.2 Å². The number of nitrogens with zero attached hydrogens (tertiary/aromatic N) is 4. The van der Waals surface area contributed by atoms with Gasteiger partial charge in [0.25, 0.3) is 0 Å². The Kier molecular flexibility index (Phi) is 5.18. The second-order valence-corrected chi connectivity index (χ2v) is 9.02. The molecule has 0 radical (unpaired) electrons. The predicted octanol–water partition coefficient (Wildman–Crippen LogP) is 3.80. The summed E-state index contributed by atoms with van der Waals surface area (Å²) in [5.74, 6) is 0.570. The number of hydrogen-bond acceptors (Lipinski definition) is 6. The van der Waals surface area contributed by atoms with E-state index >= 15 is 0 Å². The van der Waals surface area contributed by atoms with Crippen molar-refractivity contribution in [2.24, 2.45) is 0 Å². The highest BCUT2D eigenvalue weighted by atomic mass is 32.2. The van der Waals surface area contributed by atoms with Crippen molar-refractivity contribution in [1.82, 2.24) is 19.4 Å². The fourth-order valence-corrected chi connectivity index (χ4v) is 5.29. The Morgan fingerprint density at radius 1 is 1.17 bits per heavy atom. The van der Waals surface area contributed by atoms with Crippen LogP contribution in [0, 0.1) is 19.7 Å². The zero-order valence-electron chi connectivity index (χ0n) is 16.2. The maximum atomic E-state index is 13.3. The molecule has 1 aromatic carbocycles. The van der Waals surface area contributed by atoms with Gasteiger partial charge in [-0.05, 0) is 51.0 Å². The standard InChI is InChI=1S/C20H21FN4O3S/c1-13-11-19(28-24-13)17-12-22-14(2)23-20(17)18-5-3-4-10-25(18)29(26,27)16-8-6-15(21)7-9-16/h6-9,11-12,18H,3-5,10H2,1-2H3/t18-/m0/s1. The van der Waals surface area contributed by atoms with E-state index < -0.39 is 21.9 Å². The molecule has 0 bridgehead atoms. The van der Waals surface area contributed by atoms with Crippen molar-refractivity contribution in [2.75, 3.05) is 6.54 Å². The molecule has 1 aliphatic rings. The first-order valence-electron chi connectivity index (χ1n) is 9.41. The minimum absolute atomic E-state index is 0.0636. The maximum absolute atomic E-state index is 13.3. The lowest BCUT2D eigenvalue weighted by molar-refractivity contribution is 0.251. The van der Waals surface area contributed by atoms with Gasteiger partial charge in [0.15, 0.2) is 5.76 Å². The van der Waals surface area contributed by atoms with Crippen LogP contribution in [0.25, 0.3) is 11.3 Å². The van der Waals surface area contributed by atoms with Gasteiger partial charge in [-0.15, -0.1) is 0 Å². The normalized spacial score (nSPS) is 18.1. The van der Waals surface area contributed by atoms with Gasteiger partial charge in [-0.2, -0.15) is 4.31 Å². The molecule has 0 spiro atoms. The van der Waals surface area contributed by atoms with Gasteiger partial charge in [0.2, 0.25) is 10.0 Å². The molecule has 1 saturated heterocycles. The SMILES string of the molecule is Cc1cc(-c2cnc(C)nc2[C@@H]2CCCCN2S(=O)(=O)c2ccc(F)cc2)on1. The van der Waals surface area contributed by atoms with Crippen LogP contribution in [0.2, 0.25) is 0 Å². The first kappa shape index (κ1) is 19.7. The average Bonchev–Trinajstić information content (AvgIpc) is 3.14. The van der Waals surface area contributed by atoms with Crippen LogP contribution in [0.3, 0.4) is 0 Å². The molecule has 29 heavy (non-hydrogen) atoms. The van der Waals surface area contributed by atoms with Crippen LogP contribution in [0.4, 0.5) is 4.39 Å². The van der Waals surface area contributed by atoms with Crippen LogP contribution in [-0.4, -0.2) is 34.4 Å². The van der Waals surface area contributed by atoms with Gasteiger partial charge in [0.1, 0.15) is 11.6 Å². The van der Waals surface area contributed by atoms with E-state index in [1.165, 1.54) is 16.4 Å². The summed E-state index contributed by atoms with van der Waals surface area (Å²) in [6.07, 6.45) is 3.89. The lowest BCUT2D eigenvalue weighted by Gasteiger charge is -2.35. The Labute approximate surface area is 168 Å². The molecule has 1 fully saturated rings. The zero-order valence-corrected chi connectivity index (χ0v) is 17.0. The summed E-state index contributed by atoms with van der Waals surface area (Å²) in [5, 5.41) is 3.93. The van der Waals surface area contributed by atoms with Crippen molar-refractivity contribution in [3.8, 4) is 11.3 Å². The summed E-state index contributed by atoms with van der Waals surface area (Å²) in [5.41, 5.74) is 1.94. The van der Waals surface area contributed by atoms with E-state index in [0.29, 0.717) is 41.5 Å². The summed E-state index contributed by atoms with van der Waals surface area (Å²) in [6, 6.07) is 6.21. The van der Waals surface area contributed by atoms with Gasteiger partial charge < -0.3 is 4.52 Å². The van der Waals surface area contributed by atoms with E-state index in [2.05, 4.69) is 15.1 Å². The predicted molar refractivity (Wildman–Crippen MR) is 104 cm³/mol. The quantitative estimate of drug-likeness (QED) is 0.643. The molecule has 0 N–H and O–H groups in total.